The highest BCUT2D eigenvalue weighted by molar-refractivity contribution is 6.80. The van der Waals surface area contributed by atoms with E-state index in [1.54, 1.807) is 0 Å². The van der Waals surface area contributed by atoms with E-state index in [9.17, 15) is 0 Å². The van der Waals surface area contributed by atoms with Gasteiger partial charge in [0, 0.05) is 22.3 Å². The smallest absolute Gasteiger partial charge is 0.405 e. The van der Waals surface area contributed by atoms with Crippen LogP contribution in [0.3, 0.4) is 0 Å². The van der Waals surface area contributed by atoms with Crippen LogP contribution < -0.4 is 15.9 Å². The largest absolute Gasteiger partial charge is 0.406 e. The number of benzene rings is 3. The lowest BCUT2D eigenvalue weighted by Gasteiger charge is -2.26. The van der Waals surface area contributed by atoms with Gasteiger partial charge in [0.15, 0.2) is 0 Å². The van der Waals surface area contributed by atoms with Crippen LogP contribution in [0.15, 0.2) is 60.7 Å². The van der Waals surface area contributed by atoms with E-state index in [1.165, 1.54) is 16.2 Å². The van der Waals surface area contributed by atoms with Gasteiger partial charge in [-0.2, -0.15) is 0 Å². The van der Waals surface area contributed by atoms with Gasteiger partial charge in [-0.3, -0.25) is 0 Å². The fourth-order valence-corrected chi connectivity index (χ4v) is 2.87. The third kappa shape index (κ3) is 1.93. The zero-order valence-electron chi connectivity index (χ0n) is 11.4. The summed E-state index contributed by atoms with van der Waals surface area (Å²) >= 11 is 0. The molecule has 3 heteroatoms. The van der Waals surface area contributed by atoms with Gasteiger partial charge in [-0.1, -0.05) is 42.3 Å². The van der Waals surface area contributed by atoms with E-state index in [4.69, 9.17) is 6.42 Å². The van der Waals surface area contributed by atoms with E-state index in [0.717, 1.165) is 16.9 Å². The van der Waals surface area contributed by atoms with Crippen molar-refractivity contribution in [3.8, 4) is 12.3 Å². The minimum absolute atomic E-state index is 0.0531. The Bertz CT molecular complexity index is 822. The van der Waals surface area contributed by atoms with Gasteiger partial charge < -0.3 is 10.5 Å². The first kappa shape index (κ1) is 11.9. The van der Waals surface area contributed by atoms with Crippen molar-refractivity contribution in [2.75, 3.05) is 10.5 Å². The van der Waals surface area contributed by atoms with E-state index >= 15 is 0 Å². The maximum absolute atomic E-state index is 5.41. The molecule has 0 saturated heterocycles. The predicted molar refractivity (Wildman–Crippen MR) is 91.0 cm³/mol. The van der Waals surface area contributed by atoms with Crippen molar-refractivity contribution in [1.29, 1.82) is 0 Å². The van der Waals surface area contributed by atoms with Gasteiger partial charge in [-0.15, -0.1) is 6.42 Å². The third-order valence-electron chi connectivity index (χ3n) is 3.92. The van der Waals surface area contributed by atoms with Crippen molar-refractivity contribution >= 4 is 34.6 Å². The second-order valence-electron chi connectivity index (χ2n) is 5.20. The molecule has 4 rings (SSSR count). The van der Waals surface area contributed by atoms with Crippen molar-refractivity contribution in [2.45, 2.75) is 0 Å². The second kappa shape index (κ2) is 4.61. The highest BCUT2D eigenvalue weighted by Crippen LogP contribution is 2.33. The zero-order valence-corrected chi connectivity index (χ0v) is 11.4. The molecule has 98 valence electrons. The molecule has 0 saturated carbocycles. The van der Waals surface area contributed by atoms with Gasteiger partial charge in [-0.05, 0) is 35.1 Å². The molecule has 0 amide bonds. The Hall–Kier alpha value is -2.86. The Labute approximate surface area is 124 Å². The summed E-state index contributed by atoms with van der Waals surface area (Å²) in [6.45, 7) is 0.0531. The van der Waals surface area contributed by atoms with Crippen LogP contribution >= 0.6 is 0 Å². The summed E-state index contributed by atoms with van der Waals surface area (Å²) in [5.74, 6) is 2.65. The fraction of sp³-hybridized carbons (Fsp3) is 0. The summed E-state index contributed by atoms with van der Waals surface area (Å²) in [6.07, 6.45) is 5.41. The number of hydrogen-bond acceptors (Lipinski definition) is 2. The van der Waals surface area contributed by atoms with Crippen LogP contribution in [-0.4, -0.2) is 6.98 Å². The highest BCUT2D eigenvalue weighted by atomic mass is 15.0. The predicted octanol–water partition coefficient (Wildman–Crippen LogP) is 3.05. The highest BCUT2D eigenvalue weighted by Gasteiger charge is 2.24. The van der Waals surface area contributed by atoms with Crippen molar-refractivity contribution in [3.05, 3.63) is 66.2 Å². The average Bonchev–Trinajstić information content (AvgIpc) is 2.55. The summed E-state index contributed by atoms with van der Waals surface area (Å²) in [6, 6.07) is 20.7. The van der Waals surface area contributed by atoms with Crippen LogP contribution in [0.2, 0.25) is 0 Å². The molecule has 0 spiro atoms. The van der Waals surface area contributed by atoms with Gasteiger partial charge in [-0.25, -0.2) is 0 Å². The molecule has 2 nitrogen and oxygen atoms in total. The van der Waals surface area contributed by atoms with E-state index in [0.29, 0.717) is 0 Å². The minimum atomic E-state index is 0.0531. The van der Waals surface area contributed by atoms with Gasteiger partial charge in [0.05, 0.1) is 0 Å². The molecule has 1 aliphatic heterocycles. The number of terminal acetylenes is 1. The van der Waals surface area contributed by atoms with Crippen LogP contribution in [0, 0.1) is 12.3 Å². The summed E-state index contributed by atoms with van der Waals surface area (Å²) in [5, 5.41) is 9.59. The van der Waals surface area contributed by atoms with E-state index in [1.807, 2.05) is 12.1 Å². The molecule has 21 heavy (non-hydrogen) atoms. The summed E-state index contributed by atoms with van der Waals surface area (Å²) in [7, 11) is 0. The molecule has 3 aromatic carbocycles. The van der Waals surface area contributed by atoms with E-state index in [-0.39, 0.29) is 6.98 Å². The van der Waals surface area contributed by atoms with Crippen molar-refractivity contribution in [1.82, 2.24) is 0 Å². The quantitative estimate of drug-likeness (QED) is 0.523. The van der Waals surface area contributed by atoms with Gasteiger partial charge in [0.25, 0.3) is 0 Å². The lowest BCUT2D eigenvalue weighted by molar-refractivity contribution is 1.59. The normalized spacial score (nSPS) is 12.4. The summed E-state index contributed by atoms with van der Waals surface area (Å²) < 4.78 is 0. The Morgan fingerprint density at radius 2 is 1.43 bits per heavy atom. The molecular formula is C18H13BN2. The van der Waals surface area contributed by atoms with Crippen LogP contribution in [0.1, 0.15) is 5.56 Å². The molecule has 1 heterocycles. The molecule has 0 unspecified atom stereocenters. The lowest BCUT2D eigenvalue weighted by Crippen LogP contribution is -2.47. The van der Waals surface area contributed by atoms with Gasteiger partial charge >= 0.3 is 6.98 Å². The van der Waals surface area contributed by atoms with Gasteiger partial charge in [0.2, 0.25) is 0 Å². The first-order valence-corrected chi connectivity index (χ1v) is 6.96. The summed E-state index contributed by atoms with van der Waals surface area (Å²) in [5.41, 5.74) is 4.39. The first-order chi connectivity index (χ1) is 10.3. The monoisotopic (exact) mass is 268 g/mol. The number of rotatable bonds is 1. The van der Waals surface area contributed by atoms with Crippen molar-refractivity contribution in [2.24, 2.45) is 0 Å². The molecule has 0 aromatic heterocycles. The standard InChI is InChI=1S/C18H13BN2/c1-2-13-9-11-15(12-10-13)19-20-16-7-3-5-14-6-4-8-17(21-19)18(14)16/h1,3-12,20-21H. The second-order valence-corrected chi connectivity index (χ2v) is 5.20. The van der Waals surface area contributed by atoms with Crippen LogP contribution in [0.4, 0.5) is 11.4 Å². The van der Waals surface area contributed by atoms with Crippen molar-refractivity contribution in [3.63, 3.8) is 0 Å². The number of nitrogens with one attached hydrogen (secondary N) is 2. The zero-order chi connectivity index (χ0) is 14.2. The van der Waals surface area contributed by atoms with Crippen LogP contribution in [0.5, 0.6) is 0 Å². The summed E-state index contributed by atoms with van der Waals surface area (Å²) in [4.78, 5) is 0. The van der Waals surface area contributed by atoms with Crippen LogP contribution in [0.25, 0.3) is 10.8 Å². The minimum Gasteiger partial charge on any atom is -0.405 e. The molecule has 1 aliphatic rings. The van der Waals surface area contributed by atoms with Crippen LogP contribution in [-0.2, 0) is 0 Å². The molecule has 2 N–H and O–H groups in total. The Morgan fingerprint density at radius 1 is 0.810 bits per heavy atom. The van der Waals surface area contributed by atoms with Gasteiger partial charge in [0.1, 0.15) is 0 Å². The molecule has 0 bridgehead atoms. The Morgan fingerprint density at radius 3 is 2.00 bits per heavy atom. The maximum atomic E-state index is 5.41. The van der Waals surface area contributed by atoms with Crippen molar-refractivity contribution < 1.29 is 0 Å². The van der Waals surface area contributed by atoms with E-state index in [2.05, 4.69) is 64.9 Å². The lowest BCUT2D eigenvalue weighted by atomic mass is 9.66. The molecule has 3 aromatic rings. The fourth-order valence-electron chi connectivity index (χ4n) is 2.87. The molecule has 0 aliphatic carbocycles. The SMILES string of the molecule is C#Cc1ccc(B2Nc3cccc4cccc(c34)N2)cc1. The third-order valence-corrected chi connectivity index (χ3v) is 3.92. The maximum Gasteiger partial charge on any atom is 0.406 e. The molecule has 0 radical (unpaired) electrons. The Balaban J connectivity index is 1.77. The number of anilines is 2. The Kier molecular flexibility index (Phi) is 2.62. The molecule has 0 atom stereocenters. The van der Waals surface area contributed by atoms with E-state index < -0.39 is 0 Å². The average molecular weight is 268 g/mol. The molecule has 0 fully saturated rings. The number of hydrogen-bond donors (Lipinski definition) is 2. The molecular weight excluding hydrogens is 255 g/mol. The topological polar surface area (TPSA) is 24.1 Å². The first-order valence-electron chi connectivity index (χ1n) is 6.96.